The number of thioether (sulfide) groups is 1. The zero-order valence-corrected chi connectivity index (χ0v) is 13.5. The Bertz CT molecular complexity index is 885. The Balaban J connectivity index is 1.66. The van der Waals surface area contributed by atoms with Gasteiger partial charge < -0.3 is 10.1 Å². The number of benzene rings is 2. The highest BCUT2D eigenvalue weighted by Gasteiger charge is 2.19. The zero-order valence-electron chi connectivity index (χ0n) is 12.7. The van der Waals surface area contributed by atoms with Crippen LogP contribution in [0.4, 0.5) is 14.5 Å². The summed E-state index contributed by atoms with van der Waals surface area (Å²) in [5.74, 6) is -3.50. The fraction of sp³-hybridized carbons (Fsp3) is 0.118. The van der Waals surface area contributed by atoms with E-state index in [1.165, 1.54) is 23.9 Å². The van der Waals surface area contributed by atoms with Gasteiger partial charge in [0.1, 0.15) is 0 Å². The van der Waals surface area contributed by atoms with Gasteiger partial charge in [0.15, 0.2) is 24.0 Å². The van der Waals surface area contributed by atoms with E-state index in [1.54, 1.807) is 6.07 Å². The smallest absolute Gasteiger partial charge is 0.338 e. The minimum absolute atomic E-state index is 0.0965. The number of amides is 1. The van der Waals surface area contributed by atoms with Gasteiger partial charge in [0.25, 0.3) is 0 Å². The van der Waals surface area contributed by atoms with E-state index in [0.29, 0.717) is 11.4 Å². The Hall–Kier alpha value is -2.74. The second-order valence-electron chi connectivity index (χ2n) is 5.18. The second-order valence-corrected chi connectivity index (χ2v) is 6.19. The summed E-state index contributed by atoms with van der Waals surface area (Å²) in [6.45, 7) is -0.609. The first-order chi connectivity index (χ1) is 11.9. The average Bonchev–Trinajstić information content (AvgIpc) is 2.61. The summed E-state index contributed by atoms with van der Waals surface area (Å²) in [6, 6.07) is 7.34. The maximum atomic E-state index is 13.1. The maximum Gasteiger partial charge on any atom is 0.338 e. The minimum atomic E-state index is -1.15. The predicted molar refractivity (Wildman–Crippen MR) is 86.8 cm³/mol. The largest absolute Gasteiger partial charge is 0.454 e. The van der Waals surface area contributed by atoms with Crippen molar-refractivity contribution < 1.29 is 27.9 Å². The number of hydrogen-bond acceptors (Lipinski definition) is 5. The number of esters is 1. The number of fused-ring (bicyclic) bond motifs is 1. The van der Waals surface area contributed by atoms with Crippen LogP contribution in [-0.4, -0.2) is 30.0 Å². The first-order valence-electron chi connectivity index (χ1n) is 7.16. The number of Topliss-reactive ketones (excluding diaryl/α,β-unsaturated/α-hetero) is 1. The van der Waals surface area contributed by atoms with Crippen molar-refractivity contribution in [3.63, 3.8) is 0 Å². The van der Waals surface area contributed by atoms with E-state index in [9.17, 15) is 23.2 Å². The lowest BCUT2D eigenvalue weighted by atomic mass is 10.1. The Morgan fingerprint density at radius 3 is 2.60 bits per heavy atom. The monoisotopic (exact) mass is 363 g/mol. The number of hydrogen-bond donors (Lipinski definition) is 1. The van der Waals surface area contributed by atoms with Crippen molar-refractivity contribution in [2.24, 2.45) is 0 Å². The van der Waals surface area contributed by atoms with E-state index >= 15 is 0 Å². The molecular formula is C17H11F2NO4S. The SMILES string of the molecule is O=C1CSc2ccc(C(=O)OCC(=O)c3ccc(F)c(F)c3)cc2N1. The summed E-state index contributed by atoms with van der Waals surface area (Å²) in [7, 11) is 0. The first kappa shape index (κ1) is 17.1. The van der Waals surface area contributed by atoms with Gasteiger partial charge in [0.05, 0.1) is 17.0 Å². The summed E-state index contributed by atoms with van der Waals surface area (Å²) in [5, 5.41) is 2.65. The summed E-state index contributed by atoms with van der Waals surface area (Å²) in [6.07, 6.45) is 0. The van der Waals surface area contributed by atoms with Gasteiger partial charge >= 0.3 is 5.97 Å². The molecule has 0 unspecified atom stereocenters. The molecule has 0 fully saturated rings. The molecular weight excluding hydrogens is 352 g/mol. The third-order valence-electron chi connectivity index (χ3n) is 3.42. The molecule has 5 nitrogen and oxygen atoms in total. The highest BCUT2D eigenvalue weighted by atomic mass is 32.2. The third kappa shape index (κ3) is 3.85. The molecule has 8 heteroatoms. The lowest BCUT2D eigenvalue weighted by molar-refractivity contribution is -0.113. The Morgan fingerprint density at radius 1 is 1.08 bits per heavy atom. The maximum absolute atomic E-state index is 13.1. The minimum Gasteiger partial charge on any atom is -0.454 e. The number of anilines is 1. The van der Waals surface area contributed by atoms with E-state index in [0.717, 1.165) is 23.1 Å². The van der Waals surface area contributed by atoms with Gasteiger partial charge in [-0.15, -0.1) is 11.8 Å². The van der Waals surface area contributed by atoms with Crippen molar-refractivity contribution in [3.05, 3.63) is 59.2 Å². The Morgan fingerprint density at radius 2 is 1.84 bits per heavy atom. The van der Waals surface area contributed by atoms with Crippen LogP contribution in [0.2, 0.25) is 0 Å². The van der Waals surface area contributed by atoms with Gasteiger partial charge in [-0.2, -0.15) is 0 Å². The Kier molecular flexibility index (Phi) is 4.80. The molecule has 0 atom stereocenters. The highest BCUT2D eigenvalue weighted by Crippen LogP contribution is 2.32. The van der Waals surface area contributed by atoms with Crippen molar-refractivity contribution in [2.45, 2.75) is 4.90 Å². The molecule has 0 saturated heterocycles. The number of ketones is 1. The molecule has 1 aliphatic rings. The molecule has 0 saturated carbocycles. The topological polar surface area (TPSA) is 72.5 Å². The van der Waals surface area contributed by atoms with Gasteiger partial charge in [-0.05, 0) is 36.4 Å². The standard InChI is InChI=1S/C17H11F2NO4S/c18-11-3-1-9(5-12(11)19)14(21)7-24-17(23)10-2-4-15-13(6-10)20-16(22)8-25-15/h1-6H,7-8H2,(H,20,22). The number of halogens is 2. The summed E-state index contributed by atoms with van der Waals surface area (Å²) in [5.41, 5.74) is 0.572. The van der Waals surface area contributed by atoms with Crippen molar-refractivity contribution in [2.75, 3.05) is 17.7 Å². The van der Waals surface area contributed by atoms with Gasteiger partial charge in [-0.1, -0.05) is 0 Å². The predicted octanol–water partition coefficient (Wildman–Crippen LogP) is 3.05. The van der Waals surface area contributed by atoms with Crippen LogP contribution in [0.25, 0.3) is 0 Å². The average molecular weight is 363 g/mol. The van der Waals surface area contributed by atoms with Crippen LogP contribution in [0.5, 0.6) is 0 Å². The fourth-order valence-electron chi connectivity index (χ4n) is 2.18. The normalized spacial score (nSPS) is 13.0. The van der Waals surface area contributed by atoms with E-state index < -0.39 is 30.0 Å². The third-order valence-corrected chi connectivity index (χ3v) is 4.50. The molecule has 25 heavy (non-hydrogen) atoms. The quantitative estimate of drug-likeness (QED) is 0.668. The van der Waals surface area contributed by atoms with E-state index in [1.807, 2.05) is 0 Å². The molecule has 2 aromatic carbocycles. The lowest BCUT2D eigenvalue weighted by Gasteiger charge is -2.16. The first-order valence-corrected chi connectivity index (χ1v) is 8.14. The summed E-state index contributed by atoms with van der Waals surface area (Å²) >= 11 is 1.35. The second kappa shape index (κ2) is 7.02. The van der Waals surface area contributed by atoms with Crippen LogP contribution in [0.3, 0.4) is 0 Å². The summed E-state index contributed by atoms with van der Waals surface area (Å²) in [4.78, 5) is 36.1. The van der Waals surface area contributed by atoms with Crippen molar-refractivity contribution in [1.82, 2.24) is 0 Å². The van der Waals surface area contributed by atoms with Crippen LogP contribution in [0, 0.1) is 11.6 Å². The highest BCUT2D eigenvalue weighted by molar-refractivity contribution is 8.00. The lowest BCUT2D eigenvalue weighted by Crippen LogP contribution is -2.19. The molecule has 0 spiro atoms. The number of nitrogens with one attached hydrogen (secondary N) is 1. The molecule has 0 aliphatic carbocycles. The molecule has 1 amide bonds. The van der Waals surface area contributed by atoms with Crippen LogP contribution in [0.1, 0.15) is 20.7 Å². The number of ether oxygens (including phenoxy) is 1. The molecule has 0 bridgehead atoms. The molecule has 0 aromatic heterocycles. The fourth-order valence-corrected chi connectivity index (χ4v) is 2.97. The summed E-state index contributed by atoms with van der Waals surface area (Å²) < 4.78 is 30.9. The molecule has 0 radical (unpaired) electrons. The van der Waals surface area contributed by atoms with Gasteiger partial charge in [-0.3, -0.25) is 9.59 Å². The Labute approximate surface area is 145 Å². The molecule has 1 heterocycles. The van der Waals surface area contributed by atoms with Crippen LogP contribution < -0.4 is 5.32 Å². The van der Waals surface area contributed by atoms with E-state index in [-0.39, 0.29) is 17.0 Å². The van der Waals surface area contributed by atoms with Crippen molar-refractivity contribution >= 4 is 35.1 Å². The van der Waals surface area contributed by atoms with Gasteiger partial charge in [-0.25, -0.2) is 13.6 Å². The molecule has 128 valence electrons. The van der Waals surface area contributed by atoms with Gasteiger partial charge in [0.2, 0.25) is 5.91 Å². The molecule has 1 aliphatic heterocycles. The van der Waals surface area contributed by atoms with Crippen LogP contribution in [-0.2, 0) is 9.53 Å². The van der Waals surface area contributed by atoms with E-state index in [2.05, 4.69) is 5.32 Å². The van der Waals surface area contributed by atoms with Gasteiger partial charge in [0, 0.05) is 10.5 Å². The molecule has 2 aromatic rings. The number of carbonyl (C=O) groups is 3. The van der Waals surface area contributed by atoms with E-state index in [4.69, 9.17) is 4.74 Å². The zero-order chi connectivity index (χ0) is 18.0. The van der Waals surface area contributed by atoms with Crippen molar-refractivity contribution in [3.8, 4) is 0 Å². The van der Waals surface area contributed by atoms with Crippen molar-refractivity contribution in [1.29, 1.82) is 0 Å². The van der Waals surface area contributed by atoms with Crippen LogP contribution in [0.15, 0.2) is 41.3 Å². The van der Waals surface area contributed by atoms with Crippen LogP contribution >= 0.6 is 11.8 Å². The number of carbonyl (C=O) groups excluding carboxylic acids is 3. The number of rotatable bonds is 4. The molecule has 3 rings (SSSR count). The molecule has 1 N–H and O–H groups in total.